The number of carbonyl (C=O) groups excluding carboxylic acids is 1. The van der Waals surface area contributed by atoms with Gasteiger partial charge in [-0.1, -0.05) is 6.42 Å². The predicted molar refractivity (Wildman–Crippen MR) is 48.8 cm³/mol. The van der Waals surface area contributed by atoms with Crippen molar-refractivity contribution in [3.63, 3.8) is 0 Å². The molecule has 0 bridgehead atoms. The third kappa shape index (κ3) is 5.27. The highest BCUT2D eigenvalue weighted by molar-refractivity contribution is 5.86. The SMILES string of the molecule is CC(C)(O)C(=O)CCCCCN. The van der Waals surface area contributed by atoms with Crippen molar-refractivity contribution in [1.82, 2.24) is 0 Å². The average Bonchev–Trinajstić information content (AvgIpc) is 1.96. The van der Waals surface area contributed by atoms with Crippen molar-refractivity contribution in [2.45, 2.75) is 45.1 Å². The highest BCUT2D eigenvalue weighted by Crippen LogP contribution is 2.09. The third-order valence-electron chi connectivity index (χ3n) is 1.79. The van der Waals surface area contributed by atoms with E-state index in [0.29, 0.717) is 13.0 Å². The molecule has 72 valence electrons. The van der Waals surface area contributed by atoms with E-state index in [2.05, 4.69) is 0 Å². The van der Waals surface area contributed by atoms with Crippen molar-refractivity contribution in [2.24, 2.45) is 5.73 Å². The third-order valence-corrected chi connectivity index (χ3v) is 1.79. The summed E-state index contributed by atoms with van der Waals surface area (Å²) < 4.78 is 0. The van der Waals surface area contributed by atoms with E-state index in [0.717, 1.165) is 19.3 Å². The van der Waals surface area contributed by atoms with Crippen LogP contribution in [-0.4, -0.2) is 23.0 Å². The zero-order valence-corrected chi connectivity index (χ0v) is 7.97. The minimum atomic E-state index is -1.16. The van der Waals surface area contributed by atoms with E-state index < -0.39 is 5.60 Å². The Morgan fingerprint density at radius 2 is 1.92 bits per heavy atom. The maximum Gasteiger partial charge on any atom is 0.163 e. The van der Waals surface area contributed by atoms with Crippen LogP contribution < -0.4 is 5.73 Å². The average molecular weight is 173 g/mol. The summed E-state index contributed by atoms with van der Waals surface area (Å²) in [5, 5.41) is 9.27. The molecule has 12 heavy (non-hydrogen) atoms. The molecule has 0 aromatic rings. The van der Waals surface area contributed by atoms with Crippen LogP contribution in [0.4, 0.5) is 0 Å². The number of ketones is 1. The van der Waals surface area contributed by atoms with E-state index in [1.807, 2.05) is 0 Å². The van der Waals surface area contributed by atoms with Gasteiger partial charge in [-0.2, -0.15) is 0 Å². The van der Waals surface area contributed by atoms with Crippen LogP contribution >= 0.6 is 0 Å². The molecule has 3 N–H and O–H groups in total. The monoisotopic (exact) mass is 173 g/mol. The second-order valence-electron chi connectivity index (χ2n) is 3.58. The Morgan fingerprint density at radius 1 is 1.33 bits per heavy atom. The molecule has 0 rings (SSSR count). The summed E-state index contributed by atoms with van der Waals surface area (Å²) in [5.74, 6) is -0.0838. The molecule has 0 heterocycles. The molecular formula is C9H19NO2. The maximum absolute atomic E-state index is 11.1. The van der Waals surface area contributed by atoms with Crippen molar-refractivity contribution in [1.29, 1.82) is 0 Å². The van der Waals surface area contributed by atoms with Crippen LogP contribution in [0.25, 0.3) is 0 Å². The Balaban J connectivity index is 3.45. The van der Waals surface area contributed by atoms with Gasteiger partial charge in [-0.05, 0) is 33.2 Å². The van der Waals surface area contributed by atoms with E-state index in [1.165, 1.54) is 13.8 Å². The van der Waals surface area contributed by atoms with Crippen LogP contribution in [0.2, 0.25) is 0 Å². The highest BCUT2D eigenvalue weighted by Gasteiger charge is 2.22. The van der Waals surface area contributed by atoms with Gasteiger partial charge in [-0.15, -0.1) is 0 Å². The molecule has 3 heteroatoms. The molecule has 3 nitrogen and oxygen atoms in total. The summed E-state index contributed by atoms with van der Waals surface area (Å²) in [5.41, 5.74) is 4.13. The Morgan fingerprint density at radius 3 is 2.33 bits per heavy atom. The molecule has 0 amide bonds. The standard InChI is InChI=1S/C9H19NO2/c1-9(2,12)8(11)6-4-3-5-7-10/h12H,3-7,10H2,1-2H3. The van der Waals surface area contributed by atoms with Gasteiger partial charge in [-0.3, -0.25) is 4.79 Å². The predicted octanol–water partition coefficient (Wildman–Crippen LogP) is 0.845. The molecule has 0 aromatic carbocycles. The Bertz CT molecular complexity index is 138. The Hall–Kier alpha value is -0.410. The molecule has 0 radical (unpaired) electrons. The summed E-state index contributed by atoms with van der Waals surface area (Å²) in [6.07, 6.45) is 3.22. The lowest BCUT2D eigenvalue weighted by atomic mass is 9.98. The van der Waals surface area contributed by atoms with Crippen molar-refractivity contribution in [3.05, 3.63) is 0 Å². The number of hydrogen-bond acceptors (Lipinski definition) is 3. The second-order valence-corrected chi connectivity index (χ2v) is 3.58. The zero-order valence-electron chi connectivity index (χ0n) is 7.97. The lowest BCUT2D eigenvalue weighted by Gasteiger charge is -2.14. The quantitative estimate of drug-likeness (QED) is 0.585. The first-order valence-electron chi connectivity index (χ1n) is 4.44. The maximum atomic E-state index is 11.1. The Labute approximate surface area is 74.0 Å². The molecule has 0 saturated heterocycles. The summed E-state index contributed by atoms with van der Waals surface area (Å²) in [6, 6.07) is 0. The summed E-state index contributed by atoms with van der Waals surface area (Å²) in [6.45, 7) is 3.73. The number of hydrogen-bond donors (Lipinski definition) is 2. The van der Waals surface area contributed by atoms with E-state index in [-0.39, 0.29) is 5.78 Å². The van der Waals surface area contributed by atoms with Crippen LogP contribution in [0.1, 0.15) is 39.5 Å². The van der Waals surface area contributed by atoms with E-state index in [9.17, 15) is 9.90 Å². The van der Waals surface area contributed by atoms with Gasteiger partial charge in [0.1, 0.15) is 5.60 Å². The van der Waals surface area contributed by atoms with E-state index >= 15 is 0 Å². The van der Waals surface area contributed by atoms with Gasteiger partial charge in [0.2, 0.25) is 0 Å². The lowest BCUT2D eigenvalue weighted by molar-refractivity contribution is -0.134. The molecule has 0 aliphatic rings. The van der Waals surface area contributed by atoms with Crippen molar-refractivity contribution in [3.8, 4) is 0 Å². The smallest absolute Gasteiger partial charge is 0.163 e. The van der Waals surface area contributed by atoms with E-state index in [1.54, 1.807) is 0 Å². The number of Topliss-reactive ketones (excluding diaryl/α,β-unsaturated/α-hetero) is 1. The summed E-state index contributed by atoms with van der Waals surface area (Å²) in [7, 11) is 0. The van der Waals surface area contributed by atoms with Crippen LogP contribution in [0.3, 0.4) is 0 Å². The molecule has 0 unspecified atom stereocenters. The summed E-state index contributed by atoms with van der Waals surface area (Å²) in [4.78, 5) is 11.1. The van der Waals surface area contributed by atoms with Gasteiger partial charge in [-0.25, -0.2) is 0 Å². The van der Waals surface area contributed by atoms with Gasteiger partial charge < -0.3 is 10.8 Å². The van der Waals surface area contributed by atoms with Gasteiger partial charge in [0, 0.05) is 6.42 Å². The molecule has 0 spiro atoms. The lowest BCUT2D eigenvalue weighted by Crippen LogP contribution is -2.30. The fourth-order valence-corrected chi connectivity index (χ4v) is 0.913. The van der Waals surface area contributed by atoms with Gasteiger partial charge >= 0.3 is 0 Å². The number of rotatable bonds is 6. The minimum absolute atomic E-state index is 0.0838. The highest BCUT2D eigenvalue weighted by atomic mass is 16.3. The normalized spacial score (nSPS) is 11.7. The van der Waals surface area contributed by atoms with Gasteiger partial charge in [0.15, 0.2) is 5.78 Å². The Kier molecular flexibility index (Phi) is 5.09. The van der Waals surface area contributed by atoms with Crippen LogP contribution in [0, 0.1) is 0 Å². The van der Waals surface area contributed by atoms with Crippen molar-refractivity contribution in [2.75, 3.05) is 6.54 Å². The van der Waals surface area contributed by atoms with Gasteiger partial charge in [0.25, 0.3) is 0 Å². The number of carbonyl (C=O) groups is 1. The van der Waals surface area contributed by atoms with E-state index in [4.69, 9.17) is 5.73 Å². The molecule has 0 aromatic heterocycles. The van der Waals surface area contributed by atoms with Crippen molar-refractivity contribution < 1.29 is 9.90 Å². The minimum Gasteiger partial charge on any atom is -0.383 e. The fourth-order valence-electron chi connectivity index (χ4n) is 0.913. The largest absolute Gasteiger partial charge is 0.383 e. The number of nitrogens with two attached hydrogens (primary N) is 1. The molecule has 0 saturated carbocycles. The fraction of sp³-hybridized carbons (Fsp3) is 0.889. The molecular weight excluding hydrogens is 154 g/mol. The van der Waals surface area contributed by atoms with Gasteiger partial charge in [0.05, 0.1) is 0 Å². The zero-order chi connectivity index (χ0) is 9.61. The van der Waals surface area contributed by atoms with Crippen LogP contribution in [0.15, 0.2) is 0 Å². The summed E-state index contributed by atoms with van der Waals surface area (Å²) >= 11 is 0. The molecule has 0 aliphatic carbocycles. The molecule has 0 fully saturated rings. The van der Waals surface area contributed by atoms with Crippen LogP contribution in [-0.2, 0) is 4.79 Å². The number of aliphatic hydroxyl groups is 1. The first-order chi connectivity index (χ1) is 5.48. The van der Waals surface area contributed by atoms with Crippen molar-refractivity contribution >= 4 is 5.78 Å². The second kappa shape index (κ2) is 5.27. The number of unbranched alkanes of at least 4 members (excludes halogenated alkanes) is 2. The molecule has 0 atom stereocenters. The molecule has 0 aliphatic heterocycles. The van der Waals surface area contributed by atoms with Crippen LogP contribution in [0.5, 0.6) is 0 Å². The first kappa shape index (κ1) is 11.6. The topological polar surface area (TPSA) is 63.3 Å². The first-order valence-corrected chi connectivity index (χ1v) is 4.44.